The number of alkyl halides is 1. The smallest absolute Gasteiger partial charge is 0.00313 e. The van der Waals surface area contributed by atoms with Gasteiger partial charge in [0.15, 0.2) is 0 Å². The molecule has 0 bridgehead atoms. The zero-order chi connectivity index (χ0) is 8.81. The van der Waals surface area contributed by atoms with Crippen molar-refractivity contribution in [3.05, 3.63) is 0 Å². The van der Waals surface area contributed by atoms with Gasteiger partial charge in [0.2, 0.25) is 0 Å². The maximum absolute atomic E-state index is 3.48. The second kappa shape index (κ2) is 5.98. The molecule has 0 aromatic heterocycles. The minimum Gasteiger partial charge on any atom is -0.306 e. The fourth-order valence-corrected chi connectivity index (χ4v) is 2.27. The Morgan fingerprint density at radius 3 is 2.50 bits per heavy atom. The molecule has 1 heterocycles. The van der Waals surface area contributed by atoms with E-state index in [0.717, 1.165) is 5.92 Å². The number of hydrogen-bond acceptors (Lipinski definition) is 1. The van der Waals surface area contributed by atoms with E-state index < -0.39 is 0 Å². The average molecular weight is 234 g/mol. The maximum Gasteiger partial charge on any atom is 0.00313 e. The van der Waals surface area contributed by atoms with Crippen LogP contribution < -0.4 is 0 Å². The summed E-state index contributed by atoms with van der Waals surface area (Å²) in [6.07, 6.45) is 7.09. The van der Waals surface area contributed by atoms with Crippen molar-refractivity contribution in [1.82, 2.24) is 4.90 Å². The fourth-order valence-electron chi connectivity index (χ4n) is 1.88. The molecule has 0 amide bonds. The van der Waals surface area contributed by atoms with E-state index in [-0.39, 0.29) is 0 Å². The number of halogens is 1. The van der Waals surface area contributed by atoms with Crippen LogP contribution in [0, 0.1) is 5.92 Å². The van der Waals surface area contributed by atoms with Gasteiger partial charge in [-0.3, -0.25) is 0 Å². The molecule has 1 saturated heterocycles. The van der Waals surface area contributed by atoms with Crippen molar-refractivity contribution in [1.29, 1.82) is 0 Å². The molecule has 0 aromatic carbocycles. The van der Waals surface area contributed by atoms with E-state index >= 15 is 0 Å². The van der Waals surface area contributed by atoms with Crippen molar-refractivity contribution in [2.24, 2.45) is 5.92 Å². The minimum atomic E-state index is 1.03. The van der Waals surface area contributed by atoms with Crippen LogP contribution in [0.15, 0.2) is 0 Å². The third kappa shape index (κ3) is 3.90. The molecule has 0 aromatic rings. The Bertz CT molecular complexity index is 108. The van der Waals surface area contributed by atoms with Crippen LogP contribution in [0.5, 0.6) is 0 Å². The van der Waals surface area contributed by atoms with Crippen molar-refractivity contribution < 1.29 is 0 Å². The van der Waals surface area contributed by atoms with Crippen LogP contribution in [0.25, 0.3) is 0 Å². The molecule has 0 N–H and O–H groups in total. The summed E-state index contributed by atoms with van der Waals surface area (Å²) in [6.45, 7) is 2.64. The van der Waals surface area contributed by atoms with Gasteiger partial charge < -0.3 is 4.90 Å². The predicted molar refractivity (Wildman–Crippen MR) is 57.9 cm³/mol. The molecule has 0 unspecified atom stereocenters. The lowest BCUT2D eigenvalue weighted by molar-refractivity contribution is 0.210. The van der Waals surface area contributed by atoms with Gasteiger partial charge >= 0.3 is 0 Å². The van der Waals surface area contributed by atoms with E-state index in [4.69, 9.17) is 0 Å². The Hall–Kier alpha value is 0.440. The molecule has 12 heavy (non-hydrogen) atoms. The molecule has 1 nitrogen and oxygen atoms in total. The van der Waals surface area contributed by atoms with E-state index in [1.54, 1.807) is 0 Å². The Labute approximate surface area is 84.6 Å². The van der Waals surface area contributed by atoms with Gasteiger partial charge in [0.25, 0.3) is 0 Å². The van der Waals surface area contributed by atoms with E-state index in [9.17, 15) is 0 Å². The zero-order valence-corrected chi connectivity index (χ0v) is 9.65. The lowest BCUT2D eigenvalue weighted by atomic mass is 9.92. The number of nitrogens with zero attached hydrogens (tertiary/aromatic N) is 1. The number of piperidine rings is 1. The summed E-state index contributed by atoms with van der Waals surface area (Å²) >= 11 is 3.48. The molecule has 0 aliphatic carbocycles. The summed E-state index contributed by atoms with van der Waals surface area (Å²) in [7, 11) is 2.23. The SMILES string of the molecule is CN1CCC(CCCCBr)CC1. The van der Waals surface area contributed by atoms with Crippen molar-refractivity contribution in [2.45, 2.75) is 32.1 Å². The molecule has 1 rings (SSSR count). The molecule has 0 spiro atoms. The van der Waals surface area contributed by atoms with Crippen LogP contribution in [-0.4, -0.2) is 30.4 Å². The van der Waals surface area contributed by atoms with Gasteiger partial charge in [0.05, 0.1) is 0 Å². The van der Waals surface area contributed by atoms with Crippen LogP contribution in [0.3, 0.4) is 0 Å². The van der Waals surface area contributed by atoms with Gasteiger partial charge in [0, 0.05) is 5.33 Å². The van der Waals surface area contributed by atoms with Crippen LogP contribution >= 0.6 is 15.9 Å². The Kier molecular flexibility index (Phi) is 5.24. The fraction of sp³-hybridized carbons (Fsp3) is 1.00. The van der Waals surface area contributed by atoms with Crippen molar-refractivity contribution in [3.8, 4) is 0 Å². The molecular weight excluding hydrogens is 214 g/mol. The first-order chi connectivity index (χ1) is 5.83. The van der Waals surface area contributed by atoms with Crippen molar-refractivity contribution in [3.63, 3.8) is 0 Å². The summed E-state index contributed by atoms with van der Waals surface area (Å²) in [6, 6.07) is 0. The maximum atomic E-state index is 3.48. The summed E-state index contributed by atoms with van der Waals surface area (Å²) < 4.78 is 0. The highest BCUT2D eigenvalue weighted by molar-refractivity contribution is 9.09. The summed E-state index contributed by atoms with van der Waals surface area (Å²) in [5.74, 6) is 1.03. The Morgan fingerprint density at radius 1 is 1.25 bits per heavy atom. The standard InChI is InChI=1S/C10H20BrN/c1-12-8-5-10(6-9-12)4-2-3-7-11/h10H,2-9H2,1H3. The molecule has 0 saturated carbocycles. The molecule has 72 valence electrons. The summed E-state index contributed by atoms with van der Waals surface area (Å²) in [5, 5.41) is 1.18. The number of rotatable bonds is 4. The number of unbranched alkanes of at least 4 members (excludes halogenated alkanes) is 1. The van der Waals surface area contributed by atoms with E-state index in [1.165, 1.54) is 50.5 Å². The lowest BCUT2D eigenvalue weighted by Gasteiger charge is -2.28. The van der Waals surface area contributed by atoms with Gasteiger partial charge in [-0.1, -0.05) is 28.8 Å². The molecule has 1 aliphatic heterocycles. The van der Waals surface area contributed by atoms with Crippen molar-refractivity contribution in [2.75, 3.05) is 25.5 Å². The van der Waals surface area contributed by atoms with E-state index in [2.05, 4.69) is 27.9 Å². The largest absolute Gasteiger partial charge is 0.306 e. The quantitative estimate of drug-likeness (QED) is 0.534. The lowest BCUT2D eigenvalue weighted by Crippen LogP contribution is -2.30. The van der Waals surface area contributed by atoms with Gasteiger partial charge in [-0.25, -0.2) is 0 Å². The average Bonchev–Trinajstić information content (AvgIpc) is 2.09. The molecule has 0 atom stereocenters. The van der Waals surface area contributed by atoms with Crippen molar-refractivity contribution >= 4 is 15.9 Å². The monoisotopic (exact) mass is 233 g/mol. The van der Waals surface area contributed by atoms with Crippen LogP contribution in [-0.2, 0) is 0 Å². The first-order valence-corrected chi connectivity index (χ1v) is 6.19. The third-order valence-corrected chi connectivity index (χ3v) is 3.39. The molecular formula is C10H20BrN. The van der Waals surface area contributed by atoms with Gasteiger partial charge in [0.1, 0.15) is 0 Å². The molecule has 1 fully saturated rings. The summed E-state index contributed by atoms with van der Waals surface area (Å²) in [5.41, 5.74) is 0. The second-order valence-electron chi connectivity index (χ2n) is 3.93. The third-order valence-electron chi connectivity index (χ3n) is 2.83. The van der Waals surface area contributed by atoms with Crippen LogP contribution in [0.2, 0.25) is 0 Å². The van der Waals surface area contributed by atoms with E-state index in [1.807, 2.05) is 0 Å². The first kappa shape index (κ1) is 10.5. The van der Waals surface area contributed by atoms with Gasteiger partial charge in [-0.05, 0) is 45.3 Å². The Balaban J connectivity index is 2.01. The molecule has 0 radical (unpaired) electrons. The molecule has 1 aliphatic rings. The zero-order valence-electron chi connectivity index (χ0n) is 8.06. The van der Waals surface area contributed by atoms with E-state index in [0.29, 0.717) is 0 Å². The second-order valence-corrected chi connectivity index (χ2v) is 4.72. The predicted octanol–water partition coefficient (Wildman–Crippen LogP) is 2.89. The highest BCUT2D eigenvalue weighted by Crippen LogP contribution is 2.21. The summed E-state index contributed by atoms with van der Waals surface area (Å²) in [4.78, 5) is 2.45. The van der Waals surface area contributed by atoms with Crippen LogP contribution in [0.4, 0.5) is 0 Å². The van der Waals surface area contributed by atoms with Gasteiger partial charge in [-0.2, -0.15) is 0 Å². The number of likely N-dealkylation sites (tertiary alicyclic amines) is 1. The molecule has 2 heteroatoms. The number of hydrogen-bond donors (Lipinski definition) is 0. The topological polar surface area (TPSA) is 3.24 Å². The van der Waals surface area contributed by atoms with Gasteiger partial charge in [-0.15, -0.1) is 0 Å². The highest BCUT2D eigenvalue weighted by atomic mass is 79.9. The minimum absolute atomic E-state index is 1.03. The normalized spacial score (nSPS) is 21.5. The highest BCUT2D eigenvalue weighted by Gasteiger charge is 2.15. The Morgan fingerprint density at radius 2 is 1.92 bits per heavy atom. The first-order valence-electron chi connectivity index (χ1n) is 5.07. The van der Waals surface area contributed by atoms with Crippen LogP contribution in [0.1, 0.15) is 32.1 Å².